The lowest BCUT2D eigenvalue weighted by Gasteiger charge is -2.33. The molecule has 1 aliphatic heterocycles. The molecule has 0 spiro atoms. The highest BCUT2D eigenvalue weighted by molar-refractivity contribution is 5.79. The summed E-state index contributed by atoms with van der Waals surface area (Å²) in [6, 6.07) is 16.1. The minimum atomic E-state index is -0.0960. The first kappa shape index (κ1) is 21.0. The molecule has 2 aromatic carbocycles. The van der Waals surface area contributed by atoms with Gasteiger partial charge in [0.05, 0.1) is 12.5 Å². The first-order valence-corrected chi connectivity index (χ1v) is 10.9. The zero-order valence-electron chi connectivity index (χ0n) is 18.1. The lowest BCUT2D eigenvalue weighted by atomic mass is 9.97. The second-order valence-corrected chi connectivity index (χ2v) is 8.15. The van der Waals surface area contributed by atoms with Crippen LogP contribution in [0, 0.1) is 12.8 Å². The standard InChI is InChI=1S/C25H29N3O3/c1-3-31-25(30)18-5-4-12-28(16-18)22-9-7-21(8-10-22)26-15-20-14-19-13-17(2)6-11-23(19)27-24(20)29/h6-11,13-14,18,26H,3-5,12,15-16H2,1-2H3,(H,27,29). The highest BCUT2D eigenvalue weighted by Gasteiger charge is 2.26. The first-order valence-electron chi connectivity index (χ1n) is 10.9. The third kappa shape index (κ3) is 4.90. The summed E-state index contributed by atoms with van der Waals surface area (Å²) in [6.07, 6.45) is 1.86. The summed E-state index contributed by atoms with van der Waals surface area (Å²) in [4.78, 5) is 29.7. The molecule has 4 rings (SSSR count). The molecule has 1 atom stereocenters. The Hall–Kier alpha value is -3.28. The number of nitrogens with one attached hydrogen (secondary N) is 2. The van der Waals surface area contributed by atoms with Gasteiger partial charge in [-0.1, -0.05) is 11.6 Å². The maximum atomic E-state index is 12.4. The minimum absolute atomic E-state index is 0.0604. The summed E-state index contributed by atoms with van der Waals surface area (Å²) in [6.45, 7) is 6.40. The Kier molecular flexibility index (Phi) is 6.26. The Morgan fingerprint density at radius 2 is 2.00 bits per heavy atom. The quantitative estimate of drug-likeness (QED) is 0.585. The molecule has 1 saturated heterocycles. The van der Waals surface area contributed by atoms with Crippen molar-refractivity contribution >= 4 is 28.2 Å². The van der Waals surface area contributed by atoms with Gasteiger partial charge in [-0.15, -0.1) is 0 Å². The molecule has 1 fully saturated rings. The van der Waals surface area contributed by atoms with Crippen molar-refractivity contribution in [1.29, 1.82) is 0 Å². The molecule has 0 amide bonds. The number of pyridine rings is 1. The summed E-state index contributed by atoms with van der Waals surface area (Å²) < 4.78 is 5.20. The van der Waals surface area contributed by atoms with E-state index in [4.69, 9.17) is 4.74 Å². The van der Waals surface area contributed by atoms with E-state index >= 15 is 0 Å². The molecule has 31 heavy (non-hydrogen) atoms. The van der Waals surface area contributed by atoms with E-state index in [-0.39, 0.29) is 17.4 Å². The number of carbonyl (C=O) groups is 1. The molecule has 1 unspecified atom stereocenters. The monoisotopic (exact) mass is 419 g/mol. The maximum Gasteiger partial charge on any atom is 0.310 e. The van der Waals surface area contributed by atoms with Crippen LogP contribution in [0.25, 0.3) is 10.9 Å². The van der Waals surface area contributed by atoms with Gasteiger partial charge in [-0.3, -0.25) is 9.59 Å². The number of H-pyrrole nitrogens is 1. The molecule has 2 heterocycles. The molecule has 6 heteroatoms. The summed E-state index contributed by atoms with van der Waals surface area (Å²) >= 11 is 0. The van der Waals surface area contributed by atoms with Gasteiger partial charge in [0.2, 0.25) is 0 Å². The second kappa shape index (κ2) is 9.25. The van der Waals surface area contributed by atoms with E-state index < -0.39 is 0 Å². The smallest absolute Gasteiger partial charge is 0.310 e. The second-order valence-electron chi connectivity index (χ2n) is 8.15. The van der Waals surface area contributed by atoms with Gasteiger partial charge in [-0.25, -0.2) is 0 Å². The number of hydrogen-bond acceptors (Lipinski definition) is 5. The highest BCUT2D eigenvalue weighted by atomic mass is 16.5. The van der Waals surface area contributed by atoms with Crippen LogP contribution in [0.4, 0.5) is 11.4 Å². The van der Waals surface area contributed by atoms with Crippen LogP contribution in [0.3, 0.4) is 0 Å². The van der Waals surface area contributed by atoms with E-state index in [9.17, 15) is 9.59 Å². The van der Waals surface area contributed by atoms with Crippen LogP contribution in [0.15, 0.2) is 53.3 Å². The fourth-order valence-corrected chi connectivity index (χ4v) is 4.15. The molecule has 0 aliphatic carbocycles. The van der Waals surface area contributed by atoms with Crippen LogP contribution in [0.5, 0.6) is 0 Å². The average Bonchev–Trinajstić information content (AvgIpc) is 2.78. The largest absolute Gasteiger partial charge is 0.466 e. The SMILES string of the molecule is CCOC(=O)C1CCCN(c2ccc(NCc3cc4cc(C)ccc4[nH]c3=O)cc2)C1. The number of esters is 1. The van der Waals surface area contributed by atoms with Gasteiger partial charge < -0.3 is 19.9 Å². The predicted molar refractivity (Wildman–Crippen MR) is 125 cm³/mol. The Labute approximate surface area is 182 Å². The molecule has 1 aromatic heterocycles. The Morgan fingerprint density at radius 3 is 2.77 bits per heavy atom. The molecular weight excluding hydrogens is 390 g/mol. The number of aromatic nitrogens is 1. The number of nitrogens with zero attached hydrogens (tertiary/aromatic N) is 1. The Balaban J connectivity index is 1.41. The fourth-order valence-electron chi connectivity index (χ4n) is 4.15. The first-order chi connectivity index (χ1) is 15.0. The van der Waals surface area contributed by atoms with E-state index in [2.05, 4.69) is 33.4 Å². The zero-order chi connectivity index (χ0) is 21.8. The van der Waals surface area contributed by atoms with Crippen molar-refractivity contribution in [3.8, 4) is 0 Å². The number of hydrogen-bond donors (Lipinski definition) is 2. The number of aromatic amines is 1. The molecule has 1 aliphatic rings. The zero-order valence-corrected chi connectivity index (χ0v) is 18.1. The molecular formula is C25H29N3O3. The number of benzene rings is 2. The van der Waals surface area contributed by atoms with Crippen molar-refractivity contribution in [2.75, 3.05) is 29.9 Å². The van der Waals surface area contributed by atoms with Crippen molar-refractivity contribution in [3.05, 3.63) is 70.0 Å². The van der Waals surface area contributed by atoms with Crippen molar-refractivity contribution < 1.29 is 9.53 Å². The van der Waals surface area contributed by atoms with E-state index in [1.54, 1.807) is 0 Å². The van der Waals surface area contributed by atoms with Gasteiger partial charge in [-0.2, -0.15) is 0 Å². The lowest BCUT2D eigenvalue weighted by molar-refractivity contribution is -0.148. The Bertz CT molecular complexity index is 1120. The van der Waals surface area contributed by atoms with E-state index in [1.807, 2.05) is 44.2 Å². The van der Waals surface area contributed by atoms with E-state index in [0.29, 0.717) is 25.3 Å². The third-order valence-corrected chi connectivity index (χ3v) is 5.83. The number of piperidine rings is 1. The van der Waals surface area contributed by atoms with Crippen LogP contribution in [-0.2, 0) is 16.1 Å². The van der Waals surface area contributed by atoms with E-state index in [1.165, 1.54) is 0 Å². The number of anilines is 2. The van der Waals surface area contributed by atoms with Gasteiger partial charge in [0.1, 0.15) is 0 Å². The normalized spacial score (nSPS) is 16.3. The van der Waals surface area contributed by atoms with Gasteiger partial charge in [0.15, 0.2) is 0 Å². The number of carbonyl (C=O) groups excluding carboxylic acids is 1. The van der Waals surface area contributed by atoms with Gasteiger partial charge >= 0.3 is 5.97 Å². The maximum absolute atomic E-state index is 12.4. The fraction of sp³-hybridized carbons (Fsp3) is 0.360. The number of rotatable bonds is 6. The van der Waals surface area contributed by atoms with Crippen LogP contribution in [0.2, 0.25) is 0 Å². The summed E-state index contributed by atoms with van der Waals surface area (Å²) in [5.41, 5.74) is 4.70. The average molecular weight is 420 g/mol. The van der Waals surface area contributed by atoms with Crippen LogP contribution in [-0.4, -0.2) is 30.6 Å². The number of ether oxygens (including phenoxy) is 1. The van der Waals surface area contributed by atoms with Gasteiger partial charge in [0.25, 0.3) is 5.56 Å². The molecule has 3 aromatic rings. The number of aryl methyl sites for hydroxylation is 1. The van der Waals surface area contributed by atoms with Gasteiger partial charge in [0, 0.05) is 42.1 Å². The topological polar surface area (TPSA) is 74.4 Å². The van der Waals surface area contributed by atoms with Crippen LogP contribution < -0.4 is 15.8 Å². The van der Waals surface area contributed by atoms with E-state index in [0.717, 1.165) is 47.2 Å². The van der Waals surface area contributed by atoms with Crippen molar-refractivity contribution in [3.63, 3.8) is 0 Å². The van der Waals surface area contributed by atoms with Crippen LogP contribution >= 0.6 is 0 Å². The van der Waals surface area contributed by atoms with Crippen molar-refractivity contribution in [2.45, 2.75) is 33.2 Å². The third-order valence-electron chi connectivity index (χ3n) is 5.83. The van der Waals surface area contributed by atoms with Crippen LogP contribution in [0.1, 0.15) is 30.9 Å². The minimum Gasteiger partial charge on any atom is -0.466 e. The van der Waals surface area contributed by atoms with Gasteiger partial charge in [-0.05, 0) is 74.5 Å². The number of fused-ring (bicyclic) bond motifs is 1. The summed E-state index contributed by atoms with van der Waals surface area (Å²) in [7, 11) is 0. The lowest BCUT2D eigenvalue weighted by Crippen LogP contribution is -2.39. The molecule has 162 valence electrons. The summed E-state index contributed by atoms with van der Waals surface area (Å²) in [5, 5.41) is 4.38. The van der Waals surface area contributed by atoms with Crippen molar-refractivity contribution in [2.24, 2.45) is 5.92 Å². The molecule has 0 bridgehead atoms. The Morgan fingerprint density at radius 1 is 1.19 bits per heavy atom. The van der Waals surface area contributed by atoms with Crippen molar-refractivity contribution in [1.82, 2.24) is 4.98 Å². The molecule has 2 N–H and O–H groups in total. The predicted octanol–water partition coefficient (Wildman–Crippen LogP) is 4.23. The molecule has 6 nitrogen and oxygen atoms in total. The summed E-state index contributed by atoms with van der Waals surface area (Å²) in [5.74, 6) is -0.156. The molecule has 0 saturated carbocycles. The molecule has 0 radical (unpaired) electrons. The highest BCUT2D eigenvalue weighted by Crippen LogP contribution is 2.25.